The maximum atomic E-state index is 12.9. The highest BCUT2D eigenvalue weighted by Gasteiger charge is 2.33. The number of nitrogens with zero attached hydrogens (tertiary/aromatic N) is 1. The number of halogens is 3. The fourth-order valence-electron chi connectivity index (χ4n) is 2.36. The lowest BCUT2D eigenvalue weighted by Gasteiger charge is -2.31. The Kier molecular flexibility index (Phi) is 6.52. The molecule has 1 rings (SSSR count). The Bertz CT molecular complexity index is 444. The van der Waals surface area contributed by atoms with E-state index in [0.29, 0.717) is 6.04 Å². The van der Waals surface area contributed by atoms with E-state index in [9.17, 15) is 13.2 Å². The van der Waals surface area contributed by atoms with Crippen LogP contribution in [-0.4, -0.2) is 12.6 Å². The summed E-state index contributed by atoms with van der Waals surface area (Å²) in [6.07, 6.45) is -1.33. The van der Waals surface area contributed by atoms with E-state index in [0.717, 1.165) is 37.6 Å². The van der Waals surface area contributed by atoms with Gasteiger partial charge in [-0.1, -0.05) is 20.3 Å². The molecule has 1 aromatic rings. The van der Waals surface area contributed by atoms with Crippen molar-refractivity contribution in [3.63, 3.8) is 0 Å². The number of anilines is 1. The second kappa shape index (κ2) is 7.69. The van der Waals surface area contributed by atoms with Crippen LogP contribution in [0.2, 0.25) is 0 Å². The molecule has 2 nitrogen and oxygen atoms in total. The summed E-state index contributed by atoms with van der Waals surface area (Å²) in [5, 5.41) is 0. The Morgan fingerprint density at radius 1 is 1.24 bits per heavy atom. The zero-order chi connectivity index (χ0) is 16.0. The van der Waals surface area contributed by atoms with Gasteiger partial charge in [-0.3, -0.25) is 0 Å². The lowest BCUT2D eigenvalue weighted by atomic mass is 10.0. The third kappa shape index (κ3) is 4.63. The third-order valence-electron chi connectivity index (χ3n) is 3.82. The SMILES string of the molecule is CCCCN(c1ccc(C(F)(F)F)c(CN)c1)C(C)CC. The van der Waals surface area contributed by atoms with Crippen molar-refractivity contribution in [3.8, 4) is 0 Å². The van der Waals surface area contributed by atoms with E-state index < -0.39 is 11.7 Å². The van der Waals surface area contributed by atoms with Gasteiger partial charge in [-0.25, -0.2) is 0 Å². The van der Waals surface area contributed by atoms with E-state index in [2.05, 4.69) is 25.7 Å². The second-order valence-electron chi connectivity index (χ2n) is 5.35. The van der Waals surface area contributed by atoms with Crippen molar-refractivity contribution in [1.29, 1.82) is 0 Å². The normalized spacial score (nSPS) is 13.3. The summed E-state index contributed by atoms with van der Waals surface area (Å²) >= 11 is 0. The van der Waals surface area contributed by atoms with Crippen LogP contribution in [0.15, 0.2) is 18.2 Å². The van der Waals surface area contributed by atoms with E-state index in [1.54, 1.807) is 12.1 Å². The maximum Gasteiger partial charge on any atom is 0.416 e. The Hall–Kier alpha value is -1.23. The highest BCUT2D eigenvalue weighted by atomic mass is 19.4. The van der Waals surface area contributed by atoms with Gasteiger partial charge in [-0.15, -0.1) is 0 Å². The number of rotatable bonds is 7. The molecule has 1 unspecified atom stereocenters. The Balaban J connectivity index is 3.15. The fourth-order valence-corrected chi connectivity index (χ4v) is 2.36. The van der Waals surface area contributed by atoms with Crippen LogP contribution in [0.25, 0.3) is 0 Å². The summed E-state index contributed by atoms with van der Waals surface area (Å²) < 4.78 is 38.8. The molecular formula is C16H25F3N2. The largest absolute Gasteiger partial charge is 0.416 e. The van der Waals surface area contributed by atoms with Gasteiger partial charge >= 0.3 is 6.18 Å². The molecule has 5 heteroatoms. The minimum Gasteiger partial charge on any atom is -0.369 e. The molecule has 0 saturated heterocycles. The van der Waals surface area contributed by atoms with Crippen LogP contribution in [-0.2, 0) is 12.7 Å². The molecule has 0 aliphatic heterocycles. The summed E-state index contributed by atoms with van der Waals surface area (Å²) in [5.41, 5.74) is 5.86. The number of nitrogens with two attached hydrogens (primary N) is 1. The summed E-state index contributed by atoms with van der Waals surface area (Å²) in [4.78, 5) is 2.17. The zero-order valence-corrected chi connectivity index (χ0v) is 13.0. The monoisotopic (exact) mass is 302 g/mol. The molecule has 0 heterocycles. The second-order valence-corrected chi connectivity index (χ2v) is 5.35. The molecule has 120 valence electrons. The van der Waals surface area contributed by atoms with Crippen LogP contribution in [0, 0.1) is 0 Å². The number of alkyl halides is 3. The van der Waals surface area contributed by atoms with Gasteiger partial charge in [-0.05, 0) is 43.5 Å². The molecule has 0 aliphatic carbocycles. The topological polar surface area (TPSA) is 29.3 Å². The summed E-state index contributed by atoms with van der Waals surface area (Å²) in [7, 11) is 0. The van der Waals surface area contributed by atoms with E-state index in [4.69, 9.17) is 5.73 Å². The maximum absolute atomic E-state index is 12.9. The summed E-state index contributed by atoms with van der Waals surface area (Å²) in [5.74, 6) is 0. The summed E-state index contributed by atoms with van der Waals surface area (Å²) in [6, 6.07) is 4.59. The molecule has 0 radical (unpaired) electrons. The quantitative estimate of drug-likeness (QED) is 0.799. The van der Waals surface area contributed by atoms with Gasteiger partial charge in [-0.2, -0.15) is 13.2 Å². The zero-order valence-electron chi connectivity index (χ0n) is 13.0. The molecule has 0 bridgehead atoms. The van der Waals surface area contributed by atoms with Gasteiger partial charge in [0.25, 0.3) is 0 Å². The minimum absolute atomic E-state index is 0.106. The van der Waals surface area contributed by atoms with Crippen molar-refractivity contribution >= 4 is 5.69 Å². The molecule has 2 N–H and O–H groups in total. The van der Waals surface area contributed by atoms with Crippen molar-refractivity contribution < 1.29 is 13.2 Å². The highest BCUT2D eigenvalue weighted by Crippen LogP contribution is 2.34. The smallest absolute Gasteiger partial charge is 0.369 e. The first-order chi connectivity index (χ1) is 9.85. The molecule has 0 spiro atoms. The third-order valence-corrected chi connectivity index (χ3v) is 3.82. The molecule has 0 saturated carbocycles. The van der Waals surface area contributed by atoms with Gasteiger partial charge in [0.2, 0.25) is 0 Å². The van der Waals surface area contributed by atoms with Crippen molar-refractivity contribution in [2.24, 2.45) is 5.73 Å². The van der Waals surface area contributed by atoms with Crippen LogP contribution < -0.4 is 10.6 Å². The van der Waals surface area contributed by atoms with Gasteiger partial charge in [0.15, 0.2) is 0 Å². The lowest BCUT2D eigenvalue weighted by Crippen LogP contribution is -2.33. The van der Waals surface area contributed by atoms with E-state index in [1.807, 2.05) is 0 Å². The van der Waals surface area contributed by atoms with E-state index >= 15 is 0 Å². The number of unbranched alkanes of at least 4 members (excludes halogenated alkanes) is 1. The van der Waals surface area contributed by atoms with Crippen molar-refractivity contribution in [3.05, 3.63) is 29.3 Å². The lowest BCUT2D eigenvalue weighted by molar-refractivity contribution is -0.138. The van der Waals surface area contributed by atoms with Crippen molar-refractivity contribution in [2.75, 3.05) is 11.4 Å². The first kappa shape index (κ1) is 17.8. The minimum atomic E-state index is -4.35. The van der Waals surface area contributed by atoms with E-state index in [1.165, 1.54) is 0 Å². The Morgan fingerprint density at radius 2 is 1.90 bits per heavy atom. The van der Waals surface area contributed by atoms with Crippen LogP contribution in [0.4, 0.5) is 18.9 Å². The average molecular weight is 302 g/mol. The first-order valence-electron chi connectivity index (χ1n) is 7.51. The van der Waals surface area contributed by atoms with Crippen molar-refractivity contribution in [2.45, 2.75) is 58.8 Å². The van der Waals surface area contributed by atoms with Crippen LogP contribution in [0.5, 0.6) is 0 Å². The standard InChI is InChI=1S/C16H25F3N2/c1-4-6-9-21(12(3)5-2)14-7-8-15(16(17,18)19)13(10-14)11-20/h7-8,10,12H,4-6,9,11,20H2,1-3H3. The van der Waals surface area contributed by atoms with Crippen LogP contribution in [0.3, 0.4) is 0 Å². The van der Waals surface area contributed by atoms with E-state index in [-0.39, 0.29) is 12.1 Å². The molecule has 0 amide bonds. The van der Waals surface area contributed by atoms with Gasteiger partial charge in [0.1, 0.15) is 0 Å². The van der Waals surface area contributed by atoms with Crippen LogP contribution >= 0.6 is 0 Å². The van der Waals surface area contributed by atoms with Crippen molar-refractivity contribution in [1.82, 2.24) is 0 Å². The summed E-state index contributed by atoms with van der Waals surface area (Å²) in [6.45, 7) is 7.02. The Labute approximate surface area is 125 Å². The average Bonchev–Trinajstić information content (AvgIpc) is 2.45. The molecular weight excluding hydrogens is 277 g/mol. The first-order valence-corrected chi connectivity index (χ1v) is 7.51. The molecule has 0 fully saturated rings. The molecule has 1 aromatic carbocycles. The predicted octanol–water partition coefficient (Wildman–Crippen LogP) is 4.57. The fraction of sp³-hybridized carbons (Fsp3) is 0.625. The number of benzene rings is 1. The number of hydrogen-bond donors (Lipinski definition) is 1. The predicted molar refractivity (Wildman–Crippen MR) is 81.3 cm³/mol. The van der Waals surface area contributed by atoms with Gasteiger partial charge < -0.3 is 10.6 Å². The Morgan fingerprint density at radius 3 is 2.38 bits per heavy atom. The molecule has 1 atom stereocenters. The van der Waals surface area contributed by atoms with Crippen LogP contribution in [0.1, 0.15) is 51.2 Å². The van der Waals surface area contributed by atoms with Gasteiger partial charge in [0, 0.05) is 24.8 Å². The van der Waals surface area contributed by atoms with Gasteiger partial charge in [0.05, 0.1) is 5.56 Å². The molecule has 0 aliphatic rings. The molecule has 21 heavy (non-hydrogen) atoms. The molecule has 0 aromatic heterocycles. The highest BCUT2D eigenvalue weighted by molar-refractivity contribution is 5.52. The number of hydrogen-bond acceptors (Lipinski definition) is 2.